The van der Waals surface area contributed by atoms with Gasteiger partial charge in [0.05, 0.1) is 0 Å². The molecule has 1 heterocycles. The van der Waals surface area contributed by atoms with Gasteiger partial charge in [0.2, 0.25) is 0 Å². The zero-order valence-electron chi connectivity index (χ0n) is 7.52. The molecule has 1 atom stereocenters. The van der Waals surface area contributed by atoms with Crippen LogP contribution in [0.25, 0.3) is 0 Å². The molecule has 13 heavy (non-hydrogen) atoms. The van der Waals surface area contributed by atoms with Gasteiger partial charge in [-0.3, -0.25) is 9.69 Å². The predicted octanol–water partition coefficient (Wildman–Crippen LogP) is 0.208. The fourth-order valence-corrected chi connectivity index (χ4v) is 1.23. The largest absolute Gasteiger partial charge is 0.480 e. The van der Waals surface area contributed by atoms with Gasteiger partial charge in [0, 0.05) is 26.2 Å². The number of hydrogen-bond donors (Lipinski definition) is 2. The third-order valence-electron chi connectivity index (χ3n) is 2.06. The molecule has 0 radical (unpaired) electrons. The van der Waals surface area contributed by atoms with E-state index in [0.29, 0.717) is 0 Å². The van der Waals surface area contributed by atoms with Crippen LogP contribution >= 0.6 is 24.8 Å². The predicted molar refractivity (Wildman–Crippen MR) is 56.0 cm³/mol. The fourth-order valence-electron chi connectivity index (χ4n) is 1.23. The molecule has 1 unspecified atom stereocenters. The molecule has 0 saturated carbocycles. The van der Waals surface area contributed by atoms with Crippen molar-refractivity contribution in [2.24, 2.45) is 0 Å². The molecule has 0 aliphatic carbocycles. The molecule has 0 aromatic heterocycles. The molecule has 0 aromatic carbocycles. The quantitative estimate of drug-likeness (QED) is 0.713. The van der Waals surface area contributed by atoms with Gasteiger partial charge in [-0.1, -0.05) is 0 Å². The van der Waals surface area contributed by atoms with Crippen molar-refractivity contribution in [3.05, 3.63) is 0 Å². The van der Waals surface area contributed by atoms with Gasteiger partial charge in [-0.15, -0.1) is 24.8 Å². The van der Waals surface area contributed by atoms with Gasteiger partial charge in [0.1, 0.15) is 6.04 Å². The molecule has 0 spiro atoms. The minimum absolute atomic E-state index is 0. The molecule has 1 rings (SSSR count). The third kappa shape index (κ3) is 4.67. The van der Waals surface area contributed by atoms with Crippen LogP contribution in [0, 0.1) is 0 Å². The molecule has 2 N–H and O–H groups in total. The van der Waals surface area contributed by atoms with E-state index < -0.39 is 5.97 Å². The Morgan fingerprint density at radius 1 is 1.38 bits per heavy atom. The number of nitrogens with zero attached hydrogens (tertiary/aromatic N) is 1. The van der Waals surface area contributed by atoms with Crippen molar-refractivity contribution in [2.45, 2.75) is 13.0 Å². The maximum Gasteiger partial charge on any atom is 0.320 e. The van der Waals surface area contributed by atoms with Gasteiger partial charge in [-0.25, -0.2) is 0 Å². The highest BCUT2D eigenvalue weighted by Crippen LogP contribution is 1.99. The highest BCUT2D eigenvalue weighted by Gasteiger charge is 2.21. The van der Waals surface area contributed by atoms with E-state index in [0.717, 1.165) is 26.2 Å². The smallest absolute Gasteiger partial charge is 0.320 e. The normalized spacial score (nSPS) is 19.5. The number of hydrogen-bond acceptors (Lipinski definition) is 3. The first kappa shape index (κ1) is 15.4. The first-order valence-electron chi connectivity index (χ1n) is 3.89. The van der Waals surface area contributed by atoms with E-state index in [2.05, 4.69) is 5.32 Å². The van der Waals surface area contributed by atoms with Crippen molar-refractivity contribution in [3.8, 4) is 0 Å². The van der Waals surface area contributed by atoms with Gasteiger partial charge in [-0.2, -0.15) is 0 Å². The van der Waals surface area contributed by atoms with E-state index in [-0.39, 0.29) is 30.9 Å². The van der Waals surface area contributed by atoms with E-state index >= 15 is 0 Å². The first-order chi connectivity index (χ1) is 5.22. The van der Waals surface area contributed by atoms with Gasteiger partial charge in [0.15, 0.2) is 0 Å². The van der Waals surface area contributed by atoms with Crippen LogP contribution in [0.1, 0.15) is 6.92 Å². The summed E-state index contributed by atoms with van der Waals surface area (Å²) in [6, 6.07) is -0.336. The Bertz CT molecular complexity index is 151. The van der Waals surface area contributed by atoms with Crippen LogP contribution < -0.4 is 5.32 Å². The summed E-state index contributed by atoms with van der Waals surface area (Å²) in [6.45, 7) is 5.21. The molecule has 0 amide bonds. The lowest BCUT2D eigenvalue weighted by Gasteiger charge is -2.30. The zero-order chi connectivity index (χ0) is 8.27. The molecular weight excluding hydrogens is 215 g/mol. The number of rotatable bonds is 2. The average Bonchev–Trinajstić information content (AvgIpc) is 2.05. The van der Waals surface area contributed by atoms with E-state index in [4.69, 9.17) is 5.11 Å². The molecule has 1 fully saturated rings. The Hall–Kier alpha value is -0.0300. The van der Waals surface area contributed by atoms with Crippen LogP contribution in [0.2, 0.25) is 0 Å². The topological polar surface area (TPSA) is 52.6 Å². The second-order valence-corrected chi connectivity index (χ2v) is 2.80. The summed E-state index contributed by atoms with van der Waals surface area (Å²) in [7, 11) is 0. The summed E-state index contributed by atoms with van der Waals surface area (Å²) in [6.07, 6.45) is 0. The van der Waals surface area contributed by atoms with Crippen molar-refractivity contribution < 1.29 is 9.90 Å². The lowest BCUT2D eigenvalue weighted by Crippen LogP contribution is -2.49. The molecule has 1 saturated heterocycles. The Kier molecular flexibility index (Phi) is 8.77. The Morgan fingerprint density at radius 3 is 2.23 bits per heavy atom. The number of aliphatic carboxylic acids is 1. The molecule has 0 aromatic rings. The zero-order valence-corrected chi connectivity index (χ0v) is 9.16. The Labute approximate surface area is 90.5 Å². The van der Waals surface area contributed by atoms with Crippen molar-refractivity contribution in [3.63, 3.8) is 0 Å². The summed E-state index contributed by atoms with van der Waals surface area (Å²) < 4.78 is 0. The highest BCUT2D eigenvalue weighted by molar-refractivity contribution is 5.85. The number of carbonyl (C=O) groups is 1. The number of halogens is 2. The summed E-state index contributed by atoms with van der Waals surface area (Å²) in [4.78, 5) is 12.5. The fraction of sp³-hybridized carbons (Fsp3) is 0.857. The van der Waals surface area contributed by atoms with Crippen molar-refractivity contribution in [1.29, 1.82) is 0 Å². The third-order valence-corrected chi connectivity index (χ3v) is 2.06. The van der Waals surface area contributed by atoms with Gasteiger partial charge in [0.25, 0.3) is 0 Å². The number of carboxylic acid groups (broad SMARTS) is 1. The Morgan fingerprint density at radius 2 is 1.85 bits per heavy atom. The van der Waals surface area contributed by atoms with E-state index in [9.17, 15) is 4.79 Å². The minimum Gasteiger partial charge on any atom is -0.480 e. The van der Waals surface area contributed by atoms with Crippen LogP contribution in [0.4, 0.5) is 0 Å². The highest BCUT2D eigenvalue weighted by atomic mass is 35.5. The SMILES string of the molecule is CC(C(=O)O)N1CCNCC1.Cl.Cl. The average molecular weight is 231 g/mol. The number of carboxylic acids is 1. The van der Waals surface area contributed by atoms with Crippen LogP contribution in [-0.2, 0) is 4.79 Å². The lowest BCUT2D eigenvalue weighted by atomic mass is 10.2. The summed E-state index contributed by atoms with van der Waals surface area (Å²) in [5.74, 6) is -0.730. The molecule has 4 nitrogen and oxygen atoms in total. The van der Waals surface area contributed by atoms with Crippen LogP contribution in [0.15, 0.2) is 0 Å². The molecule has 1 aliphatic rings. The summed E-state index contributed by atoms with van der Waals surface area (Å²) in [5, 5.41) is 11.8. The van der Waals surface area contributed by atoms with E-state index in [1.807, 2.05) is 4.90 Å². The van der Waals surface area contributed by atoms with Crippen molar-refractivity contribution in [2.75, 3.05) is 26.2 Å². The van der Waals surface area contributed by atoms with Crippen molar-refractivity contribution >= 4 is 30.8 Å². The van der Waals surface area contributed by atoms with Crippen LogP contribution in [0.5, 0.6) is 0 Å². The van der Waals surface area contributed by atoms with E-state index in [1.165, 1.54) is 0 Å². The summed E-state index contributed by atoms with van der Waals surface area (Å²) in [5.41, 5.74) is 0. The maximum atomic E-state index is 10.5. The van der Waals surface area contributed by atoms with Crippen LogP contribution in [0.3, 0.4) is 0 Å². The molecule has 6 heteroatoms. The van der Waals surface area contributed by atoms with Gasteiger partial charge < -0.3 is 10.4 Å². The maximum absolute atomic E-state index is 10.5. The minimum atomic E-state index is -0.730. The van der Waals surface area contributed by atoms with Crippen LogP contribution in [-0.4, -0.2) is 48.2 Å². The van der Waals surface area contributed by atoms with E-state index in [1.54, 1.807) is 6.92 Å². The molecule has 80 valence electrons. The number of nitrogens with one attached hydrogen (secondary N) is 1. The second kappa shape index (κ2) is 7.38. The van der Waals surface area contributed by atoms with Crippen molar-refractivity contribution in [1.82, 2.24) is 10.2 Å². The summed E-state index contributed by atoms with van der Waals surface area (Å²) >= 11 is 0. The lowest BCUT2D eigenvalue weighted by molar-refractivity contribution is -0.142. The Balaban J connectivity index is 0. The standard InChI is InChI=1S/C7H14N2O2.2ClH/c1-6(7(10)11)9-4-2-8-3-5-9;;/h6,8H,2-5H2,1H3,(H,10,11);2*1H. The van der Waals surface area contributed by atoms with Gasteiger partial charge in [-0.05, 0) is 6.92 Å². The molecule has 0 bridgehead atoms. The van der Waals surface area contributed by atoms with Gasteiger partial charge >= 0.3 is 5.97 Å². The molecule has 1 aliphatic heterocycles. The molecular formula is C7H16Cl2N2O2. The number of piperazine rings is 1. The second-order valence-electron chi connectivity index (χ2n) is 2.80. The first-order valence-corrected chi connectivity index (χ1v) is 3.89. The monoisotopic (exact) mass is 230 g/mol.